The molecule has 0 fully saturated rings. The molecule has 230 valence electrons. The highest BCUT2D eigenvalue weighted by Gasteiger charge is 2.39. The third-order valence-corrected chi connectivity index (χ3v) is 12.1. The van der Waals surface area contributed by atoms with Crippen LogP contribution in [-0.2, 0) is 10.8 Å². The van der Waals surface area contributed by atoms with Crippen molar-refractivity contribution in [2.75, 3.05) is 9.80 Å². The monoisotopic (exact) mass is 640 g/mol. The van der Waals surface area contributed by atoms with Crippen LogP contribution >= 0.6 is 22.7 Å². The number of anilines is 6. The second kappa shape index (κ2) is 10.7. The normalized spacial score (nSPS) is 17.0. The van der Waals surface area contributed by atoms with Crippen molar-refractivity contribution in [3.05, 3.63) is 153 Å². The Kier molecular flexibility index (Phi) is 6.78. The SMILES string of the molecule is CC1(C)c2ccccc2N(c2ccc(C(O)C(O)c3ccc(N4c5ccccc5C(C)(C)c5ccccc54)s3)s2)c2ccccc21. The number of thiophene rings is 2. The van der Waals surface area contributed by atoms with E-state index in [1.54, 1.807) is 0 Å². The molecule has 6 heteroatoms. The molecule has 0 saturated carbocycles. The largest absolute Gasteiger partial charge is 0.384 e. The summed E-state index contributed by atoms with van der Waals surface area (Å²) in [5.74, 6) is 0. The molecule has 2 atom stereocenters. The standard InChI is InChI=1S/C40H36N2O2S2/c1-39(2)25-13-5-9-17-29(25)41(30-18-10-6-14-26(30)39)35-23-21-33(45-35)37(43)38(44)34-22-24-36(46-34)42-31-19-11-7-15-27(31)40(3,4)28-16-8-12-20-32(28)42/h5-24,37-38,43-44H,1-4H3. The summed E-state index contributed by atoms with van der Waals surface area (Å²) in [6.45, 7) is 9.11. The Hall–Kier alpha value is -4.20. The topological polar surface area (TPSA) is 46.9 Å². The molecule has 8 rings (SSSR count). The van der Waals surface area contributed by atoms with Crippen LogP contribution in [0.1, 0.15) is 71.9 Å². The van der Waals surface area contributed by atoms with Gasteiger partial charge in [0.05, 0.1) is 22.7 Å². The Morgan fingerprint density at radius 2 is 0.717 bits per heavy atom. The minimum Gasteiger partial charge on any atom is -0.384 e. The van der Waals surface area contributed by atoms with Crippen LogP contribution in [0.3, 0.4) is 0 Å². The predicted molar refractivity (Wildman–Crippen MR) is 192 cm³/mol. The van der Waals surface area contributed by atoms with Crippen molar-refractivity contribution in [3.63, 3.8) is 0 Å². The van der Waals surface area contributed by atoms with Crippen LogP contribution in [0.2, 0.25) is 0 Å². The molecule has 2 aliphatic heterocycles. The number of fused-ring (bicyclic) bond motifs is 4. The Balaban J connectivity index is 1.12. The lowest BCUT2D eigenvalue weighted by Crippen LogP contribution is -2.30. The van der Waals surface area contributed by atoms with Gasteiger partial charge < -0.3 is 20.0 Å². The first-order chi connectivity index (χ1) is 22.2. The highest BCUT2D eigenvalue weighted by Crippen LogP contribution is 2.55. The highest BCUT2D eigenvalue weighted by atomic mass is 32.1. The summed E-state index contributed by atoms with van der Waals surface area (Å²) in [4.78, 5) is 6.04. The van der Waals surface area contributed by atoms with E-state index < -0.39 is 12.2 Å². The van der Waals surface area contributed by atoms with Gasteiger partial charge >= 0.3 is 0 Å². The lowest BCUT2D eigenvalue weighted by atomic mass is 9.74. The number of nitrogens with zero attached hydrogens (tertiary/aromatic N) is 2. The molecule has 2 N–H and O–H groups in total. The number of aliphatic hydroxyl groups excluding tert-OH is 2. The minimum absolute atomic E-state index is 0.137. The highest BCUT2D eigenvalue weighted by molar-refractivity contribution is 7.17. The molecule has 2 aliphatic rings. The van der Waals surface area contributed by atoms with E-state index in [1.165, 1.54) is 44.9 Å². The van der Waals surface area contributed by atoms with Crippen LogP contribution < -0.4 is 9.80 Å². The third-order valence-electron chi connectivity index (χ3n) is 9.82. The third kappa shape index (κ3) is 4.32. The van der Waals surface area contributed by atoms with Crippen molar-refractivity contribution >= 4 is 55.4 Å². The zero-order chi connectivity index (χ0) is 31.8. The van der Waals surface area contributed by atoms with Crippen LogP contribution in [0.15, 0.2) is 121 Å². The van der Waals surface area contributed by atoms with Gasteiger partial charge in [0.25, 0.3) is 0 Å². The van der Waals surface area contributed by atoms with Crippen LogP contribution in [0, 0.1) is 0 Å². The van der Waals surface area contributed by atoms with Crippen LogP contribution in [0.4, 0.5) is 32.8 Å². The van der Waals surface area contributed by atoms with Gasteiger partial charge in [-0.25, -0.2) is 0 Å². The van der Waals surface area contributed by atoms with Crippen molar-refractivity contribution in [2.45, 2.75) is 50.7 Å². The number of para-hydroxylation sites is 4. The summed E-state index contributed by atoms with van der Waals surface area (Å²) in [7, 11) is 0. The van der Waals surface area contributed by atoms with E-state index in [4.69, 9.17) is 0 Å². The first-order valence-corrected chi connectivity index (χ1v) is 17.3. The van der Waals surface area contributed by atoms with Crippen LogP contribution in [0.5, 0.6) is 0 Å². The molecule has 0 spiro atoms. The lowest BCUT2D eigenvalue weighted by molar-refractivity contribution is 0.0217. The molecule has 0 amide bonds. The van der Waals surface area contributed by atoms with E-state index in [2.05, 4.69) is 147 Å². The van der Waals surface area contributed by atoms with Gasteiger partial charge in [0.1, 0.15) is 22.2 Å². The van der Waals surface area contributed by atoms with Crippen molar-refractivity contribution < 1.29 is 10.2 Å². The summed E-state index contributed by atoms with van der Waals surface area (Å²) in [6, 6.07) is 42.3. The summed E-state index contributed by atoms with van der Waals surface area (Å²) >= 11 is 3.05. The maximum Gasteiger partial charge on any atom is 0.119 e. The van der Waals surface area contributed by atoms with Crippen LogP contribution in [-0.4, -0.2) is 10.2 Å². The second-order valence-electron chi connectivity index (χ2n) is 13.2. The fourth-order valence-electron chi connectivity index (χ4n) is 7.37. The number of benzene rings is 4. The molecule has 0 saturated heterocycles. The molecule has 2 unspecified atom stereocenters. The minimum atomic E-state index is -1.06. The first-order valence-electron chi connectivity index (χ1n) is 15.7. The maximum atomic E-state index is 11.6. The molecule has 2 aromatic heterocycles. The Morgan fingerprint density at radius 3 is 1.02 bits per heavy atom. The van der Waals surface area contributed by atoms with E-state index in [-0.39, 0.29) is 10.8 Å². The smallest absolute Gasteiger partial charge is 0.119 e. The number of hydrogen-bond donors (Lipinski definition) is 2. The zero-order valence-corrected chi connectivity index (χ0v) is 27.9. The summed E-state index contributed by atoms with van der Waals surface area (Å²) in [5, 5.41) is 25.1. The van der Waals surface area contributed by atoms with Gasteiger partial charge in [0.2, 0.25) is 0 Å². The van der Waals surface area contributed by atoms with E-state index >= 15 is 0 Å². The van der Waals surface area contributed by atoms with Crippen molar-refractivity contribution in [1.29, 1.82) is 0 Å². The second-order valence-corrected chi connectivity index (χ2v) is 15.4. The van der Waals surface area contributed by atoms with Crippen LogP contribution in [0.25, 0.3) is 0 Å². The summed E-state index contributed by atoms with van der Waals surface area (Å²) in [5.41, 5.74) is 9.35. The van der Waals surface area contributed by atoms with Gasteiger partial charge in [0.15, 0.2) is 0 Å². The molecule has 0 radical (unpaired) electrons. The number of hydrogen-bond acceptors (Lipinski definition) is 6. The lowest BCUT2D eigenvalue weighted by Gasteiger charge is -2.41. The van der Waals surface area contributed by atoms with E-state index in [9.17, 15) is 10.2 Å². The molecule has 0 bridgehead atoms. The first kappa shape index (κ1) is 29.2. The fraction of sp³-hybridized carbons (Fsp3) is 0.200. The average molecular weight is 641 g/mol. The van der Waals surface area contributed by atoms with Gasteiger partial charge in [-0.1, -0.05) is 100 Å². The van der Waals surface area contributed by atoms with E-state index in [1.807, 2.05) is 12.1 Å². The maximum absolute atomic E-state index is 11.6. The zero-order valence-electron chi connectivity index (χ0n) is 26.3. The fourth-order valence-corrected chi connectivity index (χ4v) is 9.47. The van der Waals surface area contributed by atoms with Gasteiger partial charge in [0, 0.05) is 20.6 Å². The number of aliphatic hydroxyl groups is 2. The van der Waals surface area contributed by atoms with E-state index in [0.29, 0.717) is 0 Å². The molecular formula is C40H36N2O2S2. The molecule has 4 nitrogen and oxygen atoms in total. The van der Waals surface area contributed by atoms with Crippen molar-refractivity contribution in [3.8, 4) is 0 Å². The van der Waals surface area contributed by atoms with Gasteiger partial charge in [-0.2, -0.15) is 0 Å². The summed E-state index contributed by atoms with van der Waals surface area (Å²) < 4.78 is 0. The molecular weight excluding hydrogens is 605 g/mol. The quantitative estimate of drug-likeness (QED) is 0.197. The van der Waals surface area contributed by atoms with Crippen molar-refractivity contribution in [2.24, 2.45) is 0 Å². The Labute approximate surface area is 278 Å². The molecule has 6 aromatic rings. The summed E-state index contributed by atoms with van der Waals surface area (Å²) in [6.07, 6.45) is -2.12. The van der Waals surface area contributed by atoms with Gasteiger partial charge in [-0.15, -0.1) is 22.7 Å². The Morgan fingerprint density at radius 1 is 0.435 bits per heavy atom. The number of rotatable bonds is 5. The molecule has 4 aromatic carbocycles. The van der Waals surface area contributed by atoms with Crippen molar-refractivity contribution in [1.82, 2.24) is 0 Å². The molecule has 4 heterocycles. The molecule has 0 aliphatic carbocycles. The predicted octanol–water partition coefficient (Wildman–Crippen LogP) is 10.8. The molecule has 46 heavy (non-hydrogen) atoms. The van der Waals surface area contributed by atoms with Gasteiger partial charge in [-0.05, 0) is 70.8 Å². The average Bonchev–Trinajstić information content (AvgIpc) is 3.76. The van der Waals surface area contributed by atoms with E-state index in [0.717, 1.165) is 42.5 Å². The Bertz CT molecular complexity index is 1840. The van der Waals surface area contributed by atoms with Gasteiger partial charge in [-0.3, -0.25) is 0 Å².